The second-order valence-corrected chi connectivity index (χ2v) is 8.60. The Morgan fingerprint density at radius 1 is 0.900 bits per heavy atom. The number of benzene rings is 2. The number of nitrogens with one attached hydrogen (secondary N) is 1. The van der Waals surface area contributed by atoms with Crippen molar-refractivity contribution in [2.24, 2.45) is 11.8 Å². The number of amides is 2. The van der Waals surface area contributed by atoms with Crippen molar-refractivity contribution in [3.8, 4) is 11.1 Å². The number of halogens is 1. The first-order valence-corrected chi connectivity index (χ1v) is 11.1. The molecule has 0 aromatic heterocycles. The van der Waals surface area contributed by atoms with E-state index in [1.54, 1.807) is 0 Å². The summed E-state index contributed by atoms with van der Waals surface area (Å²) >= 11 is 6.10. The van der Waals surface area contributed by atoms with Crippen molar-refractivity contribution in [1.29, 1.82) is 0 Å². The Bertz CT molecular complexity index is 948. The van der Waals surface area contributed by atoms with Gasteiger partial charge in [0.15, 0.2) is 0 Å². The molecule has 0 radical (unpaired) electrons. The van der Waals surface area contributed by atoms with E-state index in [-0.39, 0.29) is 23.7 Å². The van der Waals surface area contributed by atoms with Crippen LogP contribution >= 0.6 is 11.6 Å². The Morgan fingerprint density at radius 2 is 1.63 bits per heavy atom. The molecule has 156 valence electrons. The zero-order chi connectivity index (χ0) is 20.9. The van der Waals surface area contributed by atoms with Crippen LogP contribution in [0.5, 0.6) is 0 Å². The Hall–Kier alpha value is -2.59. The number of anilines is 1. The number of rotatable bonds is 4. The molecule has 1 aliphatic carbocycles. The summed E-state index contributed by atoms with van der Waals surface area (Å²) in [4.78, 5) is 27.5. The standard InChI is InChI=1S/C25H27ClN2O2/c26-22-10-4-8-20(16-22)21-9-5-11-23(17-21)27-24(29)18-12-14-28(15-13-18)25(30)19-6-2-1-3-7-19/h1-2,4-5,8-11,16-19H,3,6-7,12-15H2,(H,27,29)/t19-/m1/s1. The summed E-state index contributed by atoms with van der Waals surface area (Å²) in [5.74, 6) is 0.350. The van der Waals surface area contributed by atoms with Crippen LogP contribution < -0.4 is 5.32 Å². The maximum absolute atomic E-state index is 12.8. The van der Waals surface area contributed by atoms with Crippen LogP contribution in [-0.2, 0) is 9.59 Å². The number of nitrogens with zero attached hydrogens (tertiary/aromatic N) is 1. The number of hydrogen-bond donors (Lipinski definition) is 1. The van der Waals surface area contributed by atoms with Crippen molar-refractivity contribution in [3.05, 3.63) is 65.7 Å². The van der Waals surface area contributed by atoms with Gasteiger partial charge in [0.05, 0.1) is 0 Å². The molecule has 4 rings (SSSR count). The predicted octanol–water partition coefficient (Wildman–Crippen LogP) is 5.54. The van der Waals surface area contributed by atoms with Gasteiger partial charge in [-0.1, -0.05) is 48.0 Å². The van der Waals surface area contributed by atoms with Crippen LogP contribution in [0.3, 0.4) is 0 Å². The van der Waals surface area contributed by atoms with Gasteiger partial charge in [-0.05, 0) is 67.5 Å². The molecule has 2 aliphatic rings. The van der Waals surface area contributed by atoms with Gasteiger partial charge in [0.2, 0.25) is 11.8 Å². The van der Waals surface area contributed by atoms with Crippen molar-refractivity contribution in [2.75, 3.05) is 18.4 Å². The quantitative estimate of drug-likeness (QED) is 0.657. The van der Waals surface area contributed by atoms with Gasteiger partial charge < -0.3 is 10.2 Å². The average molecular weight is 423 g/mol. The van der Waals surface area contributed by atoms with E-state index in [1.807, 2.05) is 53.4 Å². The van der Waals surface area contributed by atoms with Gasteiger partial charge >= 0.3 is 0 Å². The molecule has 0 saturated carbocycles. The van der Waals surface area contributed by atoms with Gasteiger partial charge in [0.25, 0.3) is 0 Å². The highest BCUT2D eigenvalue weighted by molar-refractivity contribution is 6.30. The number of piperidine rings is 1. The van der Waals surface area contributed by atoms with Crippen LogP contribution in [0.15, 0.2) is 60.7 Å². The Labute approximate surface area is 182 Å². The van der Waals surface area contributed by atoms with Crippen molar-refractivity contribution in [2.45, 2.75) is 32.1 Å². The molecule has 30 heavy (non-hydrogen) atoms. The van der Waals surface area contributed by atoms with E-state index in [0.717, 1.165) is 36.1 Å². The summed E-state index contributed by atoms with van der Waals surface area (Å²) in [5.41, 5.74) is 2.81. The lowest BCUT2D eigenvalue weighted by atomic mass is 9.90. The van der Waals surface area contributed by atoms with Gasteiger partial charge in [0, 0.05) is 35.6 Å². The molecule has 5 heteroatoms. The second-order valence-electron chi connectivity index (χ2n) is 8.16. The summed E-state index contributed by atoms with van der Waals surface area (Å²) in [7, 11) is 0. The molecule has 2 amide bonds. The third kappa shape index (κ3) is 4.93. The van der Waals surface area contributed by atoms with Crippen molar-refractivity contribution >= 4 is 29.1 Å². The van der Waals surface area contributed by atoms with Gasteiger partial charge in [-0.15, -0.1) is 0 Å². The third-order valence-corrected chi connectivity index (χ3v) is 6.32. The van der Waals surface area contributed by atoms with Gasteiger partial charge in [-0.3, -0.25) is 9.59 Å². The molecule has 1 N–H and O–H groups in total. The molecule has 0 unspecified atom stereocenters. The minimum Gasteiger partial charge on any atom is -0.342 e. The fraction of sp³-hybridized carbons (Fsp3) is 0.360. The largest absolute Gasteiger partial charge is 0.342 e. The summed E-state index contributed by atoms with van der Waals surface area (Å²) in [6, 6.07) is 15.5. The first-order chi connectivity index (χ1) is 14.6. The van der Waals surface area contributed by atoms with Crippen LogP contribution in [0.25, 0.3) is 11.1 Å². The fourth-order valence-corrected chi connectivity index (χ4v) is 4.52. The van der Waals surface area contributed by atoms with E-state index in [9.17, 15) is 9.59 Å². The lowest BCUT2D eigenvalue weighted by Crippen LogP contribution is -2.44. The summed E-state index contributed by atoms with van der Waals surface area (Å²) in [6.45, 7) is 1.33. The van der Waals surface area contributed by atoms with E-state index in [4.69, 9.17) is 11.6 Å². The maximum atomic E-state index is 12.8. The van der Waals surface area contributed by atoms with Crippen molar-refractivity contribution in [3.63, 3.8) is 0 Å². The number of hydrogen-bond acceptors (Lipinski definition) is 2. The van der Waals surface area contributed by atoms with E-state index < -0.39 is 0 Å². The lowest BCUT2D eigenvalue weighted by Gasteiger charge is -2.34. The first kappa shape index (κ1) is 20.7. The van der Waals surface area contributed by atoms with E-state index in [1.165, 1.54) is 0 Å². The van der Waals surface area contributed by atoms with Crippen LogP contribution in [0.4, 0.5) is 5.69 Å². The Balaban J connectivity index is 1.33. The van der Waals surface area contributed by atoms with Crippen LogP contribution in [-0.4, -0.2) is 29.8 Å². The number of carbonyl (C=O) groups is 2. The Morgan fingerprint density at radius 3 is 2.33 bits per heavy atom. The highest BCUT2D eigenvalue weighted by atomic mass is 35.5. The zero-order valence-electron chi connectivity index (χ0n) is 17.0. The molecule has 1 fully saturated rings. The zero-order valence-corrected chi connectivity index (χ0v) is 17.8. The summed E-state index contributed by atoms with van der Waals surface area (Å²) < 4.78 is 0. The monoisotopic (exact) mass is 422 g/mol. The van der Waals surface area contributed by atoms with Crippen molar-refractivity contribution in [1.82, 2.24) is 4.90 Å². The summed E-state index contributed by atoms with van der Waals surface area (Å²) in [5, 5.41) is 3.75. The molecule has 4 nitrogen and oxygen atoms in total. The third-order valence-electron chi connectivity index (χ3n) is 6.08. The predicted molar refractivity (Wildman–Crippen MR) is 121 cm³/mol. The summed E-state index contributed by atoms with van der Waals surface area (Å²) in [6.07, 6.45) is 8.48. The fourth-order valence-electron chi connectivity index (χ4n) is 4.33. The topological polar surface area (TPSA) is 49.4 Å². The van der Waals surface area contributed by atoms with E-state index in [2.05, 4.69) is 17.5 Å². The molecule has 1 atom stereocenters. The van der Waals surface area contributed by atoms with Gasteiger partial charge in [-0.2, -0.15) is 0 Å². The molecular weight excluding hydrogens is 396 g/mol. The molecule has 1 saturated heterocycles. The van der Waals surface area contributed by atoms with Crippen LogP contribution in [0, 0.1) is 11.8 Å². The lowest BCUT2D eigenvalue weighted by molar-refractivity contribution is -0.138. The molecule has 1 aliphatic heterocycles. The minimum atomic E-state index is -0.0601. The highest BCUT2D eigenvalue weighted by Crippen LogP contribution is 2.27. The minimum absolute atomic E-state index is 0.0333. The van der Waals surface area contributed by atoms with Crippen LogP contribution in [0.1, 0.15) is 32.1 Å². The SMILES string of the molecule is O=C(Nc1cccc(-c2cccc(Cl)c2)c1)C1CCN(C(=O)[C@@H]2CC=CCC2)CC1. The van der Waals surface area contributed by atoms with E-state index in [0.29, 0.717) is 31.0 Å². The smallest absolute Gasteiger partial charge is 0.227 e. The molecule has 0 bridgehead atoms. The number of likely N-dealkylation sites (tertiary alicyclic amines) is 1. The molecule has 2 aromatic carbocycles. The number of carbonyl (C=O) groups excluding carboxylic acids is 2. The Kier molecular flexibility index (Phi) is 6.53. The first-order valence-electron chi connectivity index (χ1n) is 10.7. The molecule has 2 aromatic rings. The average Bonchev–Trinajstić information content (AvgIpc) is 2.79. The normalized spacial score (nSPS) is 19.5. The van der Waals surface area contributed by atoms with Gasteiger partial charge in [0.1, 0.15) is 0 Å². The van der Waals surface area contributed by atoms with Crippen LogP contribution in [0.2, 0.25) is 5.02 Å². The van der Waals surface area contributed by atoms with Gasteiger partial charge in [-0.25, -0.2) is 0 Å². The maximum Gasteiger partial charge on any atom is 0.227 e. The molecule has 0 spiro atoms. The second kappa shape index (κ2) is 9.48. The van der Waals surface area contributed by atoms with Crippen molar-refractivity contribution < 1.29 is 9.59 Å². The molecule has 1 heterocycles. The molecular formula is C25H27ClN2O2. The highest BCUT2D eigenvalue weighted by Gasteiger charge is 2.30. The van der Waals surface area contributed by atoms with E-state index >= 15 is 0 Å². The number of allylic oxidation sites excluding steroid dienone is 2.